The van der Waals surface area contributed by atoms with Crippen LogP contribution >= 0.6 is 0 Å². The Balaban J connectivity index is 2.76. The van der Waals surface area contributed by atoms with E-state index in [-0.39, 0.29) is 0 Å². The molecule has 0 amide bonds. The smallest absolute Gasteiger partial charge is 0.0928 e. The Labute approximate surface area is 53.0 Å². The van der Waals surface area contributed by atoms with Crippen LogP contribution in [0.5, 0.6) is 0 Å². The average Bonchev–Trinajstić information content (AvgIpc) is 1.91. The SMILES string of the molecule is N#C[CH]c1ccnnc1. The zero-order valence-electron chi connectivity index (χ0n) is 4.65. The Kier molecular flexibility index (Phi) is 1.76. The lowest BCUT2D eigenvalue weighted by molar-refractivity contribution is 1.02. The quantitative estimate of drug-likeness (QED) is 0.541. The van der Waals surface area contributed by atoms with Crippen LogP contribution in [0.3, 0.4) is 0 Å². The minimum atomic E-state index is 0.785. The van der Waals surface area contributed by atoms with Gasteiger partial charge in [0.15, 0.2) is 0 Å². The van der Waals surface area contributed by atoms with E-state index in [1.54, 1.807) is 12.3 Å². The molecule has 0 aliphatic rings. The Morgan fingerprint density at radius 1 is 1.56 bits per heavy atom. The van der Waals surface area contributed by atoms with E-state index in [2.05, 4.69) is 10.2 Å². The molecule has 1 radical (unpaired) electrons. The molecule has 43 valence electrons. The maximum absolute atomic E-state index is 8.17. The van der Waals surface area contributed by atoms with Crippen molar-refractivity contribution in [1.82, 2.24) is 10.2 Å². The summed E-state index contributed by atoms with van der Waals surface area (Å²) in [5.74, 6) is 0. The molecule has 0 aliphatic carbocycles. The number of hydrogen-bond donors (Lipinski definition) is 0. The van der Waals surface area contributed by atoms with Crippen molar-refractivity contribution in [2.75, 3.05) is 0 Å². The van der Waals surface area contributed by atoms with E-state index in [0.29, 0.717) is 0 Å². The van der Waals surface area contributed by atoms with Gasteiger partial charge in [0.1, 0.15) is 0 Å². The van der Waals surface area contributed by atoms with Crippen LogP contribution in [0.1, 0.15) is 5.56 Å². The first-order valence-electron chi connectivity index (χ1n) is 2.43. The topological polar surface area (TPSA) is 49.6 Å². The molecule has 0 fully saturated rings. The second-order valence-corrected chi connectivity index (χ2v) is 1.45. The predicted octanol–water partition coefficient (Wildman–Crippen LogP) is 0.553. The molecule has 3 heteroatoms. The van der Waals surface area contributed by atoms with Gasteiger partial charge in [0.2, 0.25) is 0 Å². The molecule has 0 bridgehead atoms. The van der Waals surface area contributed by atoms with Crippen LogP contribution in [-0.4, -0.2) is 10.2 Å². The van der Waals surface area contributed by atoms with E-state index in [4.69, 9.17) is 5.26 Å². The first kappa shape index (κ1) is 5.70. The third kappa shape index (κ3) is 1.50. The molecule has 0 N–H and O–H groups in total. The normalized spacial score (nSPS) is 8.33. The van der Waals surface area contributed by atoms with Gasteiger partial charge in [0.25, 0.3) is 0 Å². The molecule has 0 aromatic carbocycles. The number of rotatable bonds is 1. The molecule has 0 atom stereocenters. The van der Waals surface area contributed by atoms with Crippen LogP contribution in [-0.2, 0) is 0 Å². The predicted molar refractivity (Wildman–Crippen MR) is 31.0 cm³/mol. The van der Waals surface area contributed by atoms with Gasteiger partial charge in [0, 0.05) is 6.20 Å². The van der Waals surface area contributed by atoms with Crippen molar-refractivity contribution in [2.45, 2.75) is 0 Å². The largest absolute Gasteiger partial charge is 0.198 e. The van der Waals surface area contributed by atoms with Gasteiger partial charge in [-0.25, -0.2) is 0 Å². The molecular weight excluding hydrogens is 114 g/mol. The first-order valence-corrected chi connectivity index (χ1v) is 2.43. The molecular formula is C6H4N3. The number of nitriles is 1. The van der Waals surface area contributed by atoms with Gasteiger partial charge in [-0.1, -0.05) is 0 Å². The lowest BCUT2D eigenvalue weighted by atomic mass is 10.2. The molecule has 3 nitrogen and oxygen atoms in total. The lowest BCUT2D eigenvalue weighted by Crippen LogP contribution is -1.81. The van der Waals surface area contributed by atoms with E-state index in [0.717, 1.165) is 5.56 Å². The number of nitrogens with zero attached hydrogens (tertiary/aromatic N) is 3. The van der Waals surface area contributed by atoms with Crippen LogP contribution < -0.4 is 0 Å². The highest BCUT2D eigenvalue weighted by Crippen LogP contribution is 1.94. The Morgan fingerprint density at radius 3 is 3.00 bits per heavy atom. The summed E-state index contributed by atoms with van der Waals surface area (Å²) in [4.78, 5) is 0. The summed E-state index contributed by atoms with van der Waals surface area (Å²) in [6.07, 6.45) is 4.49. The standard InChI is InChI=1S/C6H4N3/c7-3-1-6-2-4-8-9-5-6/h1-2,4-5H. The van der Waals surface area contributed by atoms with Crippen LogP contribution in [0.15, 0.2) is 18.5 Å². The summed E-state index contributed by atoms with van der Waals surface area (Å²) in [5, 5.41) is 15.3. The van der Waals surface area contributed by atoms with Crippen molar-refractivity contribution in [1.29, 1.82) is 5.26 Å². The minimum absolute atomic E-state index is 0.785. The zero-order valence-corrected chi connectivity index (χ0v) is 4.65. The van der Waals surface area contributed by atoms with Crippen LogP contribution in [0.2, 0.25) is 0 Å². The molecule has 1 aromatic rings. The van der Waals surface area contributed by atoms with Crippen molar-refractivity contribution in [2.24, 2.45) is 0 Å². The Hall–Kier alpha value is -1.43. The maximum atomic E-state index is 8.17. The zero-order chi connectivity index (χ0) is 6.53. The van der Waals surface area contributed by atoms with Crippen molar-refractivity contribution in [3.8, 4) is 6.07 Å². The van der Waals surface area contributed by atoms with Crippen LogP contribution in [0.4, 0.5) is 0 Å². The summed E-state index contributed by atoms with van der Waals surface area (Å²) >= 11 is 0. The van der Waals surface area contributed by atoms with Gasteiger partial charge in [-0.3, -0.25) is 0 Å². The van der Waals surface area contributed by atoms with Crippen molar-refractivity contribution >= 4 is 0 Å². The van der Waals surface area contributed by atoms with Crippen molar-refractivity contribution < 1.29 is 0 Å². The molecule has 0 saturated heterocycles. The molecule has 9 heavy (non-hydrogen) atoms. The summed E-state index contributed by atoms with van der Waals surface area (Å²) < 4.78 is 0. The van der Waals surface area contributed by atoms with Gasteiger partial charge < -0.3 is 0 Å². The summed E-state index contributed by atoms with van der Waals surface area (Å²) in [5.41, 5.74) is 0.785. The van der Waals surface area contributed by atoms with Crippen LogP contribution in [0.25, 0.3) is 0 Å². The number of aromatic nitrogens is 2. The van der Waals surface area contributed by atoms with E-state index < -0.39 is 0 Å². The highest BCUT2D eigenvalue weighted by Gasteiger charge is 1.87. The van der Waals surface area contributed by atoms with Crippen LogP contribution in [0, 0.1) is 17.8 Å². The highest BCUT2D eigenvalue weighted by atomic mass is 15.1. The minimum Gasteiger partial charge on any atom is -0.198 e. The third-order valence-electron chi connectivity index (χ3n) is 0.838. The van der Waals surface area contributed by atoms with Gasteiger partial charge in [-0.2, -0.15) is 15.5 Å². The Bertz CT molecular complexity index is 211. The molecule has 1 heterocycles. The Morgan fingerprint density at radius 2 is 2.44 bits per heavy atom. The molecule has 1 aromatic heterocycles. The average molecular weight is 118 g/mol. The summed E-state index contributed by atoms with van der Waals surface area (Å²) in [6.45, 7) is 0. The fourth-order valence-electron chi connectivity index (χ4n) is 0.461. The second kappa shape index (κ2) is 2.78. The van der Waals surface area contributed by atoms with E-state index in [9.17, 15) is 0 Å². The monoisotopic (exact) mass is 118 g/mol. The maximum Gasteiger partial charge on any atom is 0.0928 e. The number of hydrogen-bond acceptors (Lipinski definition) is 3. The lowest BCUT2D eigenvalue weighted by Gasteiger charge is -1.85. The fraction of sp³-hybridized carbons (Fsp3) is 0. The van der Waals surface area contributed by atoms with Gasteiger partial charge in [0.05, 0.1) is 18.7 Å². The highest BCUT2D eigenvalue weighted by molar-refractivity contribution is 5.23. The van der Waals surface area contributed by atoms with E-state index >= 15 is 0 Å². The second-order valence-electron chi connectivity index (χ2n) is 1.45. The first-order chi connectivity index (χ1) is 4.43. The third-order valence-corrected chi connectivity index (χ3v) is 0.838. The molecule has 0 saturated carbocycles. The summed E-state index contributed by atoms with van der Waals surface area (Å²) in [7, 11) is 0. The van der Waals surface area contributed by atoms with Crippen molar-refractivity contribution in [3.63, 3.8) is 0 Å². The summed E-state index contributed by atoms with van der Waals surface area (Å²) in [6, 6.07) is 3.61. The van der Waals surface area contributed by atoms with Gasteiger partial charge in [-0.05, 0) is 11.6 Å². The molecule has 0 aliphatic heterocycles. The molecule has 1 rings (SSSR count). The van der Waals surface area contributed by atoms with Gasteiger partial charge >= 0.3 is 0 Å². The molecule has 0 unspecified atom stereocenters. The van der Waals surface area contributed by atoms with Gasteiger partial charge in [-0.15, -0.1) is 0 Å². The van der Waals surface area contributed by atoms with E-state index in [1.165, 1.54) is 12.6 Å². The van der Waals surface area contributed by atoms with E-state index in [1.807, 2.05) is 6.07 Å². The fourth-order valence-corrected chi connectivity index (χ4v) is 0.461. The van der Waals surface area contributed by atoms with Crippen molar-refractivity contribution in [3.05, 3.63) is 30.4 Å². The molecule has 0 spiro atoms.